The number of halogens is 1. The first kappa shape index (κ1) is 37.0. The van der Waals surface area contributed by atoms with Crippen LogP contribution in [0.25, 0.3) is 0 Å². The maximum atomic E-state index is 11.1. The molecular weight excluding hydrogens is 726 g/mol. The zero-order valence-corrected chi connectivity index (χ0v) is 32.0. The standard InChI is InChI=1S/C29H33NO3.C17H17BrO2/c31-29(20-23-7-3-1-4-8-23)15-17-30(18-16-29)21-27-12-11-25-19-26(13-14-28(25)33-27)32-22-24-9-5-2-6-10-24;18-11-16-7-6-14-10-15(8-9-17(14)20-16)19-12-13-4-2-1-3-5-13/h1-10,13-14,19,27,31H,11-12,15-18,20-22H2;1-5,8-10,16H,6-7,11-12H2. The molecule has 0 radical (unpaired) electrons. The van der Waals surface area contributed by atoms with E-state index in [0.717, 1.165) is 92.9 Å². The third kappa shape index (κ3) is 10.7. The van der Waals surface area contributed by atoms with Gasteiger partial charge in [0.25, 0.3) is 0 Å². The zero-order chi connectivity index (χ0) is 36.3. The first-order valence-electron chi connectivity index (χ1n) is 19.0. The molecule has 276 valence electrons. The van der Waals surface area contributed by atoms with E-state index in [4.69, 9.17) is 18.9 Å². The molecule has 3 aliphatic rings. The maximum Gasteiger partial charge on any atom is 0.123 e. The molecule has 3 aliphatic heterocycles. The minimum Gasteiger partial charge on any atom is -0.489 e. The van der Waals surface area contributed by atoms with E-state index in [1.165, 1.54) is 27.8 Å². The lowest BCUT2D eigenvalue weighted by Gasteiger charge is -2.40. The van der Waals surface area contributed by atoms with Crippen LogP contribution in [-0.4, -0.2) is 52.8 Å². The normalized spacial score (nSPS) is 18.9. The van der Waals surface area contributed by atoms with Gasteiger partial charge >= 0.3 is 0 Å². The highest BCUT2D eigenvalue weighted by molar-refractivity contribution is 9.09. The monoisotopic (exact) mass is 775 g/mol. The average molecular weight is 777 g/mol. The minimum atomic E-state index is -0.589. The van der Waals surface area contributed by atoms with E-state index in [0.29, 0.717) is 19.3 Å². The lowest BCUT2D eigenvalue weighted by atomic mass is 9.85. The summed E-state index contributed by atoms with van der Waals surface area (Å²) in [7, 11) is 0. The smallest absolute Gasteiger partial charge is 0.123 e. The van der Waals surface area contributed by atoms with Crippen LogP contribution < -0.4 is 18.9 Å². The van der Waals surface area contributed by atoms with Crippen LogP contribution in [0.4, 0.5) is 0 Å². The molecule has 5 aromatic rings. The number of likely N-dealkylation sites (tertiary alicyclic amines) is 1. The summed E-state index contributed by atoms with van der Waals surface area (Å²) in [4.78, 5) is 2.45. The van der Waals surface area contributed by atoms with Crippen molar-refractivity contribution >= 4 is 15.9 Å². The van der Waals surface area contributed by atoms with E-state index in [1.807, 2.05) is 72.8 Å². The van der Waals surface area contributed by atoms with Gasteiger partial charge in [-0.25, -0.2) is 0 Å². The van der Waals surface area contributed by atoms with Crippen LogP contribution in [0.1, 0.15) is 53.5 Å². The molecule has 3 heterocycles. The average Bonchev–Trinajstić information content (AvgIpc) is 3.21. The molecule has 1 fully saturated rings. The van der Waals surface area contributed by atoms with E-state index in [-0.39, 0.29) is 6.10 Å². The fraction of sp³-hybridized carbons (Fsp3) is 0.348. The van der Waals surface area contributed by atoms with Crippen molar-refractivity contribution in [3.8, 4) is 23.0 Å². The highest BCUT2D eigenvalue weighted by Gasteiger charge is 2.34. The van der Waals surface area contributed by atoms with Gasteiger partial charge in [-0.3, -0.25) is 4.90 Å². The quantitative estimate of drug-likeness (QED) is 0.135. The number of hydrogen-bond donors (Lipinski definition) is 1. The largest absolute Gasteiger partial charge is 0.489 e. The topological polar surface area (TPSA) is 60.4 Å². The molecule has 0 aliphatic carbocycles. The molecular formula is C46H50BrNO5. The Balaban J connectivity index is 0.000000186. The summed E-state index contributed by atoms with van der Waals surface area (Å²) in [5.41, 5.74) is 5.45. The number of aryl methyl sites for hydroxylation is 2. The molecule has 8 rings (SSSR count). The number of nitrogens with zero attached hydrogens (tertiary/aromatic N) is 1. The number of fused-ring (bicyclic) bond motifs is 2. The predicted molar refractivity (Wildman–Crippen MR) is 214 cm³/mol. The van der Waals surface area contributed by atoms with Crippen LogP contribution in [0.2, 0.25) is 0 Å². The molecule has 0 saturated carbocycles. The number of piperidine rings is 1. The number of hydrogen-bond acceptors (Lipinski definition) is 6. The van der Waals surface area contributed by atoms with Crippen molar-refractivity contribution in [3.63, 3.8) is 0 Å². The molecule has 2 unspecified atom stereocenters. The second kappa shape index (κ2) is 18.2. The second-order valence-electron chi connectivity index (χ2n) is 14.5. The van der Waals surface area contributed by atoms with Crippen molar-refractivity contribution in [1.29, 1.82) is 0 Å². The van der Waals surface area contributed by atoms with Gasteiger partial charge in [-0.15, -0.1) is 0 Å². The molecule has 2 atom stereocenters. The fourth-order valence-electron chi connectivity index (χ4n) is 7.33. The third-order valence-electron chi connectivity index (χ3n) is 10.4. The minimum absolute atomic E-state index is 0.203. The first-order chi connectivity index (χ1) is 26.0. The van der Waals surface area contributed by atoms with Crippen molar-refractivity contribution in [1.82, 2.24) is 4.90 Å². The van der Waals surface area contributed by atoms with Crippen molar-refractivity contribution < 1.29 is 24.1 Å². The van der Waals surface area contributed by atoms with Gasteiger partial charge in [0.05, 0.1) is 5.60 Å². The number of rotatable bonds is 11. The van der Waals surface area contributed by atoms with Gasteiger partial charge in [0.15, 0.2) is 0 Å². The van der Waals surface area contributed by atoms with Crippen LogP contribution >= 0.6 is 15.9 Å². The van der Waals surface area contributed by atoms with Crippen LogP contribution in [0.3, 0.4) is 0 Å². The Hall–Kier alpha value is -4.30. The Morgan fingerprint density at radius 1 is 0.623 bits per heavy atom. The summed E-state index contributed by atoms with van der Waals surface area (Å²) in [6.07, 6.45) is 6.99. The van der Waals surface area contributed by atoms with Crippen LogP contribution in [-0.2, 0) is 32.5 Å². The molecule has 0 bridgehead atoms. The summed E-state index contributed by atoms with van der Waals surface area (Å²) >= 11 is 3.48. The first-order valence-corrected chi connectivity index (χ1v) is 20.1. The SMILES string of the molecule is BrCC1CCc2cc(OCc3ccccc3)ccc2O1.OC1(Cc2ccccc2)CCN(CC2CCc3cc(OCc4ccccc4)ccc3O2)CC1. The second-order valence-corrected chi connectivity index (χ2v) is 15.1. The van der Waals surface area contributed by atoms with E-state index in [2.05, 4.69) is 75.4 Å². The molecule has 0 amide bonds. The van der Waals surface area contributed by atoms with Crippen molar-refractivity contribution in [2.45, 2.75) is 76.0 Å². The van der Waals surface area contributed by atoms with E-state index >= 15 is 0 Å². The summed E-state index contributed by atoms with van der Waals surface area (Å²) < 4.78 is 24.1. The highest BCUT2D eigenvalue weighted by Crippen LogP contribution is 2.34. The summed E-state index contributed by atoms with van der Waals surface area (Å²) in [6.45, 7) is 3.94. The summed E-state index contributed by atoms with van der Waals surface area (Å²) in [5, 5.41) is 11.9. The van der Waals surface area contributed by atoms with Gasteiger partial charge in [-0.2, -0.15) is 0 Å². The van der Waals surface area contributed by atoms with Crippen molar-refractivity contribution in [2.75, 3.05) is 25.0 Å². The van der Waals surface area contributed by atoms with Gasteiger partial charge in [-0.1, -0.05) is 107 Å². The molecule has 0 aromatic heterocycles. The Bertz CT molecular complexity index is 1860. The lowest BCUT2D eigenvalue weighted by molar-refractivity contribution is -0.0286. The van der Waals surface area contributed by atoms with E-state index in [9.17, 15) is 5.11 Å². The van der Waals surface area contributed by atoms with Crippen LogP contribution in [0.15, 0.2) is 127 Å². The van der Waals surface area contributed by atoms with Crippen molar-refractivity contribution in [3.05, 3.63) is 155 Å². The van der Waals surface area contributed by atoms with E-state index < -0.39 is 5.60 Å². The fourth-order valence-corrected chi connectivity index (χ4v) is 7.79. The van der Waals surface area contributed by atoms with Gasteiger partial charge in [0.2, 0.25) is 0 Å². The number of alkyl halides is 1. The third-order valence-corrected chi connectivity index (χ3v) is 11.1. The summed E-state index contributed by atoms with van der Waals surface area (Å²) in [5.74, 6) is 3.78. The summed E-state index contributed by atoms with van der Waals surface area (Å²) in [6, 6.07) is 43.1. The molecule has 0 spiro atoms. The Kier molecular flexibility index (Phi) is 12.7. The van der Waals surface area contributed by atoms with Crippen molar-refractivity contribution in [2.24, 2.45) is 0 Å². The maximum absolute atomic E-state index is 11.1. The number of ether oxygens (including phenoxy) is 4. The van der Waals surface area contributed by atoms with E-state index in [1.54, 1.807) is 0 Å². The Labute approximate surface area is 322 Å². The van der Waals surface area contributed by atoms with Gasteiger partial charge < -0.3 is 24.1 Å². The van der Waals surface area contributed by atoms with Crippen LogP contribution in [0.5, 0.6) is 23.0 Å². The number of aliphatic hydroxyl groups is 1. The number of benzene rings is 5. The van der Waals surface area contributed by atoms with Gasteiger partial charge in [0.1, 0.15) is 48.4 Å². The van der Waals surface area contributed by atoms with Crippen LogP contribution in [0, 0.1) is 0 Å². The highest BCUT2D eigenvalue weighted by atomic mass is 79.9. The molecule has 1 saturated heterocycles. The van der Waals surface area contributed by atoms with Gasteiger partial charge in [-0.05, 0) is 103 Å². The molecule has 1 N–H and O–H groups in total. The predicted octanol–water partition coefficient (Wildman–Crippen LogP) is 9.38. The molecule has 5 aromatic carbocycles. The lowest BCUT2D eigenvalue weighted by Crippen LogP contribution is -2.48. The van der Waals surface area contributed by atoms with Gasteiger partial charge in [0, 0.05) is 31.4 Å². The Morgan fingerprint density at radius 3 is 1.60 bits per heavy atom. The molecule has 7 heteroatoms. The zero-order valence-electron chi connectivity index (χ0n) is 30.4. The Morgan fingerprint density at radius 2 is 1.09 bits per heavy atom. The molecule has 6 nitrogen and oxygen atoms in total. The molecule has 53 heavy (non-hydrogen) atoms.